The smallest absolute Gasteiger partial charge is 0.243 e. The third-order valence-corrected chi connectivity index (χ3v) is 3.49. The van der Waals surface area contributed by atoms with Crippen molar-refractivity contribution >= 4 is 33.2 Å². The van der Waals surface area contributed by atoms with Gasteiger partial charge in [0, 0.05) is 15.8 Å². The predicted octanol–water partition coefficient (Wildman–Crippen LogP) is 4.26. The predicted molar refractivity (Wildman–Crippen MR) is 87.1 cm³/mol. The van der Waals surface area contributed by atoms with E-state index in [0.29, 0.717) is 5.69 Å². The van der Waals surface area contributed by atoms with E-state index in [-0.39, 0.29) is 18.3 Å². The molecule has 2 aromatic carbocycles. The third kappa shape index (κ3) is 4.29. The number of nitrogens with one attached hydrogen (secondary N) is 2. The molecule has 2 rings (SSSR count). The second-order valence-electron chi connectivity index (χ2n) is 4.83. The van der Waals surface area contributed by atoms with Crippen LogP contribution in [0.4, 0.5) is 15.8 Å². The molecule has 0 unspecified atom stereocenters. The molecule has 0 saturated carbocycles. The summed E-state index contributed by atoms with van der Waals surface area (Å²) in [5.74, 6) is -0.595. The molecule has 0 heterocycles. The van der Waals surface area contributed by atoms with Crippen LogP contribution in [0.15, 0.2) is 40.9 Å². The number of benzene rings is 2. The summed E-state index contributed by atoms with van der Waals surface area (Å²) >= 11 is 3.44. The van der Waals surface area contributed by atoms with Crippen molar-refractivity contribution in [1.82, 2.24) is 0 Å². The molecule has 110 valence electrons. The van der Waals surface area contributed by atoms with Crippen LogP contribution in [0.2, 0.25) is 0 Å². The zero-order chi connectivity index (χ0) is 15.4. The molecule has 0 radical (unpaired) electrons. The van der Waals surface area contributed by atoms with Crippen molar-refractivity contribution < 1.29 is 9.18 Å². The van der Waals surface area contributed by atoms with Crippen LogP contribution in [0.1, 0.15) is 11.1 Å². The van der Waals surface area contributed by atoms with Crippen LogP contribution in [0.5, 0.6) is 0 Å². The molecule has 21 heavy (non-hydrogen) atoms. The number of rotatable bonds is 4. The zero-order valence-corrected chi connectivity index (χ0v) is 13.4. The maximum Gasteiger partial charge on any atom is 0.243 e. The molecule has 5 heteroatoms. The van der Waals surface area contributed by atoms with E-state index >= 15 is 0 Å². The van der Waals surface area contributed by atoms with E-state index < -0.39 is 0 Å². The molecule has 0 atom stereocenters. The Morgan fingerprint density at radius 3 is 2.48 bits per heavy atom. The van der Waals surface area contributed by atoms with Gasteiger partial charge < -0.3 is 10.6 Å². The van der Waals surface area contributed by atoms with Crippen molar-refractivity contribution in [3.05, 3.63) is 57.8 Å². The van der Waals surface area contributed by atoms with Gasteiger partial charge in [0.1, 0.15) is 5.82 Å². The van der Waals surface area contributed by atoms with Gasteiger partial charge in [-0.15, -0.1) is 0 Å². The van der Waals surface area contributed by atoms with E-state index in [1.54, 1.807) is 12.1 Å². The lowest BCUT2D eigenvalue weighted by Crippen LogP contribution is -2.22. The molecule has 0 aliphatic carbocycles. The zero-order valence-electron chi connectivity index (χ0n) is 11.8. The molecule has 0 saturated heterocycles. The number of aryl methyl sites for hydroxylation is 2. The average Bonchev–Trinajstić information content (AvgIpc) is 2.37. The Morgan fingerprint density at radius 1 is 1.19 bits per heavy atom. The molecular weight excluding hydrogens is 335 g/mol. The highest BCUT2D eigenvalue weighted by Gasteiger charge is 2.07. The molecule has 0 aromatic heterocycles. The van der Waals surface area contributed by atoms with Crippen LogP contribution in [0.25, 0.3) is 0 Å². The number of hydrogen-bond donors (Lipinski definition) is 2. The average molecular weight is 351 g/mol. The third-order valence-electron chi connectivity index (χ3n) is 3.03. The Hall–Kier alpha value is -1.88. The maximum absolute atomic E-state index is 13.0. The minimum absolute atomic E-state index is 0.125. The van der Waals surface area contributed by atoms with Gasteiger partial charge in [0.15, 0.2) is 0 Å². The van der Waals surface area contributed by atoms with Gasteiger partial charge in [-0.1, -0.05) is 22.0 Å². The van der Waals surface area contributed by atoms with Crippen LogP contribution in [-0.4, -0.2) is 12.5 Å². The summed E-state index contributed by atoms with van der Waals surface area (Å²) in [4.78, 5) is 11.9. The molecule has 1 amide bonds. The van der Waals surface area contributed by atoms with Crippen LogP contribution in [0, 0.1) is 19.7 Å². The molecule has 0 aliphatic rings. The summed E-state index contributed by atoms with van der Waals surface area (Å²) in [5.41, 5.74) is 3.50. The summed E-state index contributed by atoms with van der Waals surface area (Å²) < 4.78 is 14.0. The topological polar surface area (TPSA) is 41.1 Å². The maximum atomic E-state index is 13.0. The first-order valence-electron chi connectivity index (χ1n) is 6.52. The van der Waals surface area contributed by atoms with Gasteiger partial charge in [0.25, 0.3) is 0 Å². The van der Waals surface area contributed by atoms with Crippen LogP contribution >= 0.6 is 15.9 Å². The van der Waals surface area contributed by atoms with Gasteiger partial charge in [-0.25, -0.2) is 4.39 Å². The molecular formula is C16H16BrFN2O. The lowest BCUT2D eigenvalue weighted by molar-refractivity contribution is -0.114. The number of anilines is 2. The van der Waals surface area contributed by atoms with Crippen LogP contribution in [-0.2, 0) is 4.79 Å². The number of carbonyl (C=O) groups excluding carboxylic acids is 1. The van der Waals surface area contributed by atoms with E-state index in [2.05, 4.69) is 26.6 Å². The monoisotopic (exact) mass is 350 g/mol. The fraction of sp³-hybridized carbons (Fsp3) is 0.188. The molecule has 3 nitrogen and oxygen atoms in total. The summed E-state index contributed by atoms with van der Waals surface area (Å²) in [6, 6.07) is 9.80. The van der Waals surface area contributed by atoms with E-state index in [1.165, 1.54) is 12.1 Å². The largest absolute Gasteiger partial charge is 0.376 e. The second-order valence-corrected chi connectivity index (χ2v) is 5.74. The Balaban J connectivity index is 1.99. The van der Waals surface area contributed by atoms with E-state index in [1.807, 2.05) is 26.0 Å². The fourth-order valence-electron chi connectivity index (χ4n) is 2.13. The Bertz CT molecular complexity index is 650. The lowest BCUT2D eigenvalue weighted by Gasteiger charge is -2.13. The normalized spacial score (nSPS) is 10.3. The quantitative estimate of drug-likeness (QED) is 0.864. The molecule has 2 N–H and O–H groups in total. The first-order valence-corrected chi connectivity index (χ1v) is 7.31. The summed E-state index contributed by atoms with van der Waals surface area (Å²) in [5, 5.41) is 5.77. The first-order chi connectivity index (χ1) is 9.95. The number of halogens is 2. The van der Waals surface area contributed by atoms with Gasteiger partial charge in [0.05, 0.1) is 6.54 Å². The van der Waals surface area contributed by atoms with Gasteiger partial charge in [0.2, 0.25) is 5.91 Å². The van der Waals surface area contributed by atoms with Crippen molar-refractivity contribution in [2.45, 2.75) is 13.8 Å². The lowest BCUT2D eigenvalue weighted by atomic mass is 10.1. The number of amides is 1. The molecule has 0 spiro atoms. The fourth-order valence-corrected chi connectivity index (χ4v) is 2.82. The van der Waals surface area contributed by atoms with Gasteiger partial charge in [-0.3, -0.25) is 4.79 Å². The highest BCUT2D eigenvalue weighted by molar-refractivity contribution is 9.10. The van der Waals surface area contributed by atoms with E-state index in [9.17, 15) is 9.18 Å². The standard InChI is InChI=1S/C16H16BrFN2O/c1-10-6-12(17)7-11(2)16(10)19-9-15(21)20-14-5-3-4-13(18)8-14/h3-8,19H,9H2,1-2H3,(H,20,21). The van der Waals surface area contributed by atoms with E-state index in [0.717, 1.165) is 21.3 Å². The Kier molecular flexibility index (Phi) is 4.96. The molecule has 0 aliphatic heterocycles. The van der Waals surface area contributed by atoms with Crippen LogP contribution in [0.3, 0.4) is 0 Å². The summed E-state index contributed by atoms with van der Waals surface area (Å²) in [7, 11) is 0. The number of carbonyl (C=O) groups is 1. The van der Waals surface area contributed by atoms with Crippen molar-refractivity contribution in [2.24, 2.45) is 0 Å². The Labute approximate surface area is 131 Å². The van der Waals surface area contributed by atoms with Gasteiger partial charge >= 0.3 is 0 Å². The summed E-state index contributed by atoms with van der Waals surface area (Å²) in [6.07, 6.45) is 0. The summed E-state index contributed by atoms with van der Waals surface area (Å²) in [6.45, 7) is 4.08. The van der Waals surface area contributed by atoms with Crippen LogP contribution < -0.4 is 10.6 Å². The molecule has 2 aromatic rings. The van der Waals surface area contributed by atoms with Gasteiger partial charge in [-0.2, -0.15) is 0 Å². The van der Waals surface area contributed by atoms with Crippen molar-refractivity contribution in [3.8, 4) is 0 Å². The minimum Gasteiger partial charge on any atom is -0.376 e. The van der Waals surface area contributed by atoms with Crippen molar-refractivity contribution in [3.63, 3.8) is 0 Å². The molecule has 0 fully saturated rings. The number of hydrogen-bond acceptors (Lipinski definition) is 2. The minimum atomic E-state index is -0.375. The first kappa shape index (κ1) is 15.5. The molecule has 0 bridgehead atoms. The Morgan fingerprint density at radius 2 is 1.86 bits per heavy atom. The highest BCUT2D eigenvalue weighted by atomic mass is 79.9. The highest BCUT2D eigenvalue weighted by Crippen LogP contribution is 2.24. The SMILES string of the molecule is Cc1cc(Br)cc(C)c1NCC(=O)Nc1cccc(F)c1. The van der Waals surface area contributed by atoms with Crippen molar-refractivity contribution in [2.75, 3.05) is 17.2 Å². The second kappa shape index (κ2) is 6.72. The van der Waals surface area contributed by atoms with Gasteiger partial charge in [-0.05, 0) is 55.3 Å². The van der Waals surface area contributed by atoms with Crippen molar-refractivity contribution in [1.29, 1.82) is 0 Å². The van der Waals surface area contributed by atoms with E-state index in [4.69, 9.17) is 0 Å².